The minimum Gasteiger partial charge on any atom is -0.488 e. The molecule has 1 saturated carbocycles. The molecule has 2 aromatic carbocycles. The Hall–Kier alpha value is -2.73. The quantitative estimate of drug-likeness (QED) is 0.448. The minimum absolute atomic E-state index is 0.420. The highest BCUT2D eigenvalue weighted by atomic mass is 32.1. The highest BCUT2D eigenvalue weighted by Crippen LogP contribution is 2.31. The topological polar surface area (TPSA) is 55.2 Å². The van der Waals surface area contributed by atoms with E-state index in [2.05, 4.69) is 27.4 Å². The number of benzene rings is 2. The van der Waals surface area contributed by atoms with Crippen LogP contribution in [-0.4, -0.2) is 21.1 Å². The van der Waals surface area contributed by atoms with Crippen molar-refractivity contribution in [2.45, 2.75) is 44.6 Å². The molecule has 1 fully saturated rings. The van der Waals surface area contributed by atoms with Gasteiger partial charge in [-0.1, -0.05) is 61.7 Å². The van der Waals surface area contributed by atoms with Crippen LogP contribution in [0.5, 0.6) is 5.75 Å². The third kappa shape index (κ3) is 4.39. The van der Waals surface area contributed by atoms with Gasteiger partial charge >= 0.3 is 0 Å². The van der Waals surface area contributed by atoms with E-state index in [9.17, 15) is 0 Å². The molecule has 0 spiro atoms. The standard InChI is InChI=1S/C22H24N4OS/c28-22-25-24-21(18-11-5-2-6-12-18)26(22)23-15-19-13-7-8-14-20(19)27-16-17-9-3-1-4-10-17/h1,3-4,7-10,13-15,18H,2,5-6,11-12,16H2,(H,25,28)/b23-15-. The molecule has 1 heterocycles. The fraction of sp³-hybridized carbons (Fsp3) is 0.318. The fourth-order valence-corrected chi connectivity index (χ4v) is 3.80. The summed E-state index contributed by atoms with van der Waals surface area (Å²) in [5, 5.41) is 12.0. The Morgan fingerprint density at radius 1 is 1.07 bits per heavy atom. The Balaban J connectivity index is 1.54. The lowest BCUT2D eigenvalue weighted by Crippen LogP contribution is -2.10. The molecule has 28 heavy (non-hydrogen) atoms. The van der Waals surface area contributed by atoms with Crippen molar-refractivity contribution in [2.75, 3.05) is 0 Å². The number of hydrogen-bond donors (Lipinski definition) is 1. The summed E-state index contributed by atoms with van der Waals surface area (Å²) >= 11 is 5.41. The van der Waals surface area contributed by atoms with Crippen molar-refractivity contribution in [3.8, 4) is 5.75 Å². The number of H-pyrrole nitrogens is 1. The predicted octanol–water partition coefficient (Wildman–Crippen LogP) is 5.45. The summed E-state index contributed by atoms with van der Waals surface area (Å²) in [5.74, 6) is 2.15. The van der Waals surface area contributed by atoms with Gasteiger partial charge in [-0.15, -0.1) is 0 Å². The molecule has 0 bridgehead atoms. The molecule has 1 aromatic heterocycles. The average Bonchev–Trinajstić information content (AvgIpc) is 3.13. The molecule has 1 aliphatic rings. The van der Waals surface area contributed by atoms with Crippen LogP contribution in [0.15, 0.2) is 59.7 Å². The first-order chi connectivity index (χ1) is 13.8. The van der Waals surface area contributed by atoms with Gasteiger partial charge in [0, 0.05) is 11.5 Å². The number of aromatic nitrogens is 3. The van der Waals surface area contributed by atoms with Crippen molar-refractivity contribution in [2.24, 2.45) is 5.10 Å². The maximum atomic E-state index is 6.02. The van der Waals surface area contributed by atoms with Gasteiger partial charge in [0.25, 0.3) is 0 Å². The molecular formula is C22H24N4OS. The first-order valence-corrected chi connectivity index (χ1v) is 10.2. The fourth-order valence-electron chi connectivity index (χ4n) is 3.61. The van der Waals surface area contributed by atoms with Crippen LogP contribution >= 0.6 is 12.2 Å². The molecule has 0 aliphatic heterocycles. The molecule has 4 rings (SSSR count). The van der Waals surface area contributed by atoms with Gasteiger partial charge in [-0.05, 0) is 42.8 Å². The molecule has 5 nitrogen and oxygen atoms in total. The van der Waals surface area contributed by atoms with E-state index in [0.717, 1.165) is 35.5 Å². The number of hydrogen-bond acceptors (Lipinski definition) is 4. The summed E-state index contributed by atoms with van der Waals surface area (Å²) in [7, 11) is 0. The Morgan fingerprint density at radius 3 is 2.64 bits per heavy atom. The van der Waals surface area contributed by atoms with E-state index in [1.807, 2.05) is 42.5 Å². The molecule has 0 amide bonds. The highest BCUT2D eigenvalue weighted by Gasteiger charge is 2.21. The van der Waals surface area contributed by atoms with Crippen LogP contribution in [0, 0.1) is 4.77 Å². The van der Waals surface area contributed by atoms with Crippen molar-refractivity contribution in [1.29, 1.82) is 0 Å². The van der Waals surface area contributed by atoms with Crippen LogP contribution in [0.3, 0.4) is 0 Å². The number of nitrogens with zero attached hydrogens (tertiary/aromatic N) is 3. The van der Waals surface area contributed by atoms with Crippen LogP contribution in [0.1, 0.15) is 55.0 Å². The van der Waals surface area contributed by atoms with Crippen LogP contribution in [-0.2, 0) is 6.61 Å². The molecule has 144 valence electrons. The van der Waals surface area contributed by atoms with E-state index in [1.165, 1.54) is 19.3 Å². The Morgan fingerprint density at radius 2 is 1.82 bits per heavy atom. The van der Waals surface area contributed by atoms with Crippen molar-refractivity contribution in [3.05, 3.63) is 76.3 Å². The second-order valence-corrected chi connectivity index (χ2v) is 7.48. The molecule has 0 atom stereocenters. The van der Waals surface area contributed by atoms with E-state index in [4.69, 9.17) is 17.0 Å². The molecular weight excluding hydrogens is 368 g/mol. The smallest absolute Gasteiger partial charge is 0.216 e. The molecule has 0 saturated heterocycles. The van der Waals surface area contributed by atoms with Crippen LogP contribution in [0.4, 0.5) is 0 Å². The Labute approximate surface area is 170 Å². The highest BCUT2D eigenvalue weighted by molar-refractivity contribution is 7.71. The van der Waals surface area contributed by atoms with E-state index < -0.39 is 0 Å². The number of nitrogens with one attached hydrogen (secondary N) is 1. The second kappa shape index (κ2) is 8.97. The number of aromatic amines is 1. The summed E-state index contributed by atoms with van der Waals surface area (Å²) in [5.41, 5.74) is 2.04. The molecule has 3 aromatic rings. The summed E-state index contributed by atoms with van der Waals surface area (Å²) in [6.45, 7) is 0.518. The monoisotopic (exact) mass is 392 g/mol. The molecule has 1 aliphatic carbocycles. The third-order valence-electron chi connectivity index (χ3n) is 5.11. The Bertz CT molecular complexity index is 987. The van der Waals surface area contributed by atoms with Gasteiger partial charge in [0.05, 0.1) is 6.21 Å². The lowest BCUT2D eigenvalue weighted by atomic mass is 9.89. The van der Waals surface area contributed by atoms with Crippen LogP contribution in [0.25, 0.3) is 0 Å². The van der Waals surface area contributed by atoms with Gasteiger partial charge in [-0.25, -0.2) is 0 Å². The van der Waals surface area contributed by atoms with Crippen LogP contribution in [0.2, 0.25) is 0 Å². The maximum Gasteiger partial charge on any atom is 0.216 e. The number of rotatable bonds is 6. The second-order valence-electron chi connectivity index (χ2n) is 7.09. The lowest BCUT2D eigenvalue weighted by Gasteiger charge is -2.19. The SMILES string of the molecule is S=c1[nH]nc(C2CCCCC2)n1/N=C\c1ccccc1OCc1ccccc1. The van der Waals surface area contributed by atoms with Gasteiger partial charge < -0.3 is 4.74 Å². The molecule has 0 unspecified atom stereocenters. The zero-order valence-corrected chi connectivity index (χ0v) is 16.6. The zero-order valence-electron chi connectivity index (χ0n) is 15.8. The lowest BCUT2D eigenvalue weighted by molar-refractivity contribution is 0.306. The van der Waals surface area contributed by atoms with E-state index in [1.54, 1.807) is 10.9 Å². The largest absolute Gasteiger partial charge is 0.488 e. The summed E-state index contributed by atoms with van der Waals surface area (Å²) in [4.78, 5) is 0. The minimum atomic E-state index is 0.420. The van der Waals surface area contributed by atoms with Gasteiger partial charge in [-0.3, -0.25) is 5.10 Å². The van der Waals surface area contributed by atoms with E-state index >= 15 is 0 Å². The van der Waals surface area contributed by atoms with E-state index in [-0.39, 0.29) is 0 Å². The molecule has 0 radical (unpaired) electrons. The van der Waals surface area contributed by atoms with Crippen molar-refractivity contribution in [1.82, 2.24) is 14.9 Å². The number of ether oxygens (including phenoxy) is 1. The Kier molecular flexibility index (Phi) is 5.97. The maximum absolute atomic E-state index is 6.02. The molecule has 6 heteroatoms. The summed E-state index contributed by atoms with van der Waals surface area (Å²) in [6, 6.07) is 18.0. The third-order valence-corrected chi connectivity index (χ3v) is 5.38. The average molecular weight is 393 g/mol. The first kappa shape index (κ1) is 18.6. The van der Waals surface area contributed by atoms with Gasteiger partial charge in [0.1, 0.15) is 12.4 Å². The van der Waals surface area contributed by atoms with Crippen molar-refractivity contribution in [3.63, 3.8) is 0 Å². The number of para-hydroxylation sites is 1. The summed E-state index contributed by atoms with van der Waals surface area (Å²) in [6.07, 6.45) is 7.88. The summed E-state index contributed by atoms with van der Waals surface area (Å²) < 4.78 is 8.31. The van der Waals surface area contributed by atoms with Crippen LogP contribution < -0.4 is 4.74 Å². The predicted molar refractivity (Wildman–Crippen MR) is 113 cm³/mol. The van der Waals surface area contributed by atoms with Crippen molar-refractivity contribution < 1.29 is 4.74 Å². The van der Waals surface area contributed by atoms with Crippen molar-refractivity contribution >= 4 is 18.4 Å². The first-order valence-electron chi connectivity index (χ1n) is 9.78. The molecule has 1 N–H and O–H groups in total. The van der Waals surface area contributed by atoms with Gasteiger partial charge in [-0.2, -0.15) is 14.9 Å². The van der Waals surface area contributed by atoms with E-state index in [0.29, 0.717) is 17.3 Å². The zero-order chi connectivity index (χ0) is 19.2. The normalized spacial score (nSPS) is 15.1. The van der Waals surface area contributed by atoms with Gasteiger partial charge in [0.2, 0.25) is 4.77 Å². The van der Waals surface area contributed by atoms with Gasteiger partial charge in [0.15, 0.2) is 5.82 Å².